The van der Waals surface area contributed by atoms with E-state index in [1.165, 1.54) is 12.1 Å². The molecule has 0 aliphatic carbocycles. The zero-order chi connectivity index (χ0) is 13.1. The number of nitriles is 1. The van der Waals surface area contributed by atoms with Gasteiger partial charge < -0.3 is 4.74 Å². The molecule has 0 atom stereocenters. The molecule has 2 nitrogen and oxygen atoms in total. The van der Waals surface area contributed by atoms with Crippen LogP contribution < -0.4 is 4.74 Å². The van der Waals surface area contributed by atoms with Gasteiger partial charge in [0.05, 0.1) is 5.02 Å². The van der Waals surface area contributed by atoms with Gasteiger partial charge in [0.15, 0.2) is 0 Å². The monoisotopic (exact) mass is 325 g/mol. The molecule has 0 aromatic heterocycles. The first-order valence-corrected chi connectivity index (χ1v) is 6.10. The van der Waals surface area contributed by atoms with Gasteiger partial charge in [-0.1, -0.05) is 33.6 Å². The first kappa shape index (κ1) is 12.9. The van der Waals surface area contributed by atoms with Crippen LogP contribution in [0.4, 0.5) is 4.39 Å². The molecule has 2 rings (SSSR count). The van der Waals surface area contributed by atoms with Crippen molar-refractivity contribution in [2.75, 3.05) is 0 Å². The molecule has 5 heteroatoms. The largest absolute Gasteiger partial charge is 0.456 e. The minimum absolute atomic E-state index is 0.222. The van der Waals surface area contributed by atoms with Crippen molar-refractivity contribution in [1.82, 2.24) is 0 Å². The highest BCUT2D eigenvalue weighted by Gasteiger charge is 2.09. The summed E-state index contributed by atoms with van der Waals surface area (Å²) in [6.45, 7) is 0. The van der Waals surface area contributed by atoms with Crippen LogP contribution in [0.1, 0.15) is 5.56 Å². The molecule has 0 bridgehead atoms. The minimum Gasteiger partial charge on any atom is -0.456 e. The third-order valence-electron chi connectivity index (χ3n) is 2.15. The Labute approximate surface area is 117 Å². The molecule has 0 aliphatic heterocycles. The van der Waals surface area contributed by atoms with Crippen molar-refractivity contribution < 1.29 is 9.13 Å². The van der Waals surface area contributed by atoms with Crippen LogP contribution in [0.2, 0.25) is 5.02 Å². The van der Waals surface area contributed by atoms with Crippen molar-refractivity contribution in [1.29, 1.82) is 5.26 Å². The van der Waals surface area contributed by atoms with E-state index in [9.17, 15) is 4.39 Å². The van der Waals surface area contributed by atoms with E-state index in [-0.39, 0.29) is 5.56 Å². The Bertz CT molecular complexity index is 619. The minimum atomic E-state index is -0.431. The standard InChI is InChI=1S/C13H6BrClFNO/c14-8-4-9(16)6-10(5-8)18-13-3-1-2-12(15)11(13)7-17/h1-6H. The maximum Gasteiger partial charge on any atom is 0.146 e. The molecular weight excluding hydrogens is 321 g/mol. The molecule has 2 aromatic carbocycles. The van der Waals surface area contributed by atoms with Crippen LogP contribution in [0.3, 0.4) is 0 Å². The van der Waals surface area contributed by atoms with Gasteiger partial charge in [0.25, 0.3) is 0 Å². The molecule has 0 unspecified atom stereocenters. The van der Waals surface area contributed by atoms with E-state index in [1.54, 1.807) is 24.3 Å². The van der Waals surface area contributed by atoms with Gasteiger partial charge in [0.1, 0.15) is 28.9 Å². The molecule has 0 N–H and O–H groups in total. The van der Waals surface area contributed by atoms with Gasteiger partial charge in [-0.05, 0) is 24.3 Å². The molecule has 0 amide bonds. The molecule has 0 saturated heterocycles. The van der Waals surface area contributed by atoms with Crippen molar-refractivity contribution in [2.24, 2.45) is 0 Å². The van der Waals surface area contributed by atoms with Crippen molar-refractivity contribution in [3.8, 4) is 17.6 Å². The summed E-state index contributed by atoms with van der Waals surface area (Å²) < 4.78 is 19.2. The molecule has 0 spiro atoms. The van der Waals surface area contributed by atoms with Crippen LogP contribution >= 0.6 is 27.5 Å². The van der Waals surface area contributed by atoms with E-state index in [2.05, 4.69) is 15.9 Å². The maximum atomic E-state index is 13.2. The highest BCUT2D eigenvalue weighted by Crippen LogP contribution is 2.31. The predicted molar refractivity (Wildman–Crippen MR) is 70.3 cm³/mol. The first-order chi connectivity index (χ1) is 8.60. The summed E-state index contributed by atoms with van der Waals surface area (Å²) in [5.74, 6) is 0.156. The number of rotatable bonds is 2. The molecule has 0 aliphatic rings. The Kier molecular flexibility index (Phi) is 3.85. The van der Waals surface area contributed by atoms with E-state index >= 15 is 0 Å². The van der Waals surface area contributed by atoms with Crippen molar-refractivity contribution >= 4 is 27.5 Å². The molecule has 0 heterocycles. The Balaban J connectivity index is 2.40. The fraction of sp³-hybridized carbons (Fsp3) is 0. The smallest absolute Gasteiger partial charge is 0.146 e. The van der Waals surface area contributed by atoms with Crippen LogP contribution in [-0.4, -0.2) is 0 Å². The van der Waals surface area contributed by atoms with Crippen LogP contribution in [0.15, 0.2) is 40.9 Å². The lowest BCUT2D eigenvalue weighted by atomic mass is 10.2. The number of halogens is 3. The van der Waals surface area contributed by atoms with Crippen LogP contribution in [0.5, 0.6) is 11.5 Å². The normalized spacial score (nSPS) is 9.89. The van der Waals surface area contributed by atoms with Gasteiger partial charge in [0.2, 0.25) is 0 Å². The Morgan fingerprint density at radius 2 is 2.06 bits per heavy atom. The SMILES string of the molecule is N#Cc1c(Cl)cccc1Oc1cc(F)cc(Br)c1. The van der Waals surface area contributed by atoms with Gasteiger partial charge in [-0.25, -0.2) is 4.39 Å². The van der Waals surface area contributed by atoms with Gasteiger partial charge in [0, 0.05) is 10.5 Å². The molecule has 90 valence electrons. The van der Waals surface area contributed by atoms with Crippen molar-refractivity contribution in [2.45, 2.75) is 0 Å². The molecule has 0 fully saturated rings. The van der Waals surface area contributed by atoms with Crippen LogP contribution in [0, 0.1) is 17.1 Å². The molecule has 0 radical (unpaired) electrons. The fourth-order valence-electron chi connectivity index (χ4n) is 1.41. The van der Waals surface area contributed by atoms with Gasteiger partial charge in [-0.15, -0.1) is 0 Å². The third kappa shape index (κ3) is 2.81. The highest BCUT2D eigenvalue weighted by atomic mass is 79.9. The number of benzene rings is 2. The van der Waals surface area contributed by atoms with E-state index in [0.717, 1.165) is 0 Å². The Hall–Kier alpha value is -1.57. The molecule has 0 saturated carbocycles. The summed E-state index contributed by atoms with van der Waals surface area (Å²) in [5.41, 5.74) is 0.222. The number of hydrogen-bond acceptors (Lipinski definition) is 2. The van der Waals surface area contributed by atoms with E-state index in [0.29, 0.717) is 21.0 Å². The zero-order valence-electron chi connectivity index (χ0n) is 8.95. The average molecular weight is 327 g/mol. The lowest BCUT2D eigenvalue weighted by Gasteiger charge is -2.08. The van der Waals surface area contributed by atoms with E-state index < -0.39 is 5.82 Å². The molecular formula is C13H6BrClFNO. The summed E-state index contributed by atoms with van der Waals surface area (Å²) in [5, 5.41) is 9.29. The lowest BCUT2D eigenvalue weighted by molar-refractivity contribution is 0.475. The Morgan fingerprint density at radius 3 is 2.72 bits per heavy atom. The number of ether oxygens (including phenoxy) is 1. The summed E-state index contributed by atoms with van der Waals surface area (Å²) in [7, 11) is 0. The number of hydrogen-bond donors (Lipinski definition) is 0. The predicted octanol–water partition coefficient (Wildman–Crippen LogP) is 4.91. The Morgan fingerprint density at radius 1 is 1.28 bits per heavy atom. The summed E-state index contributed by atoms with van der Waals surface area (Å²) in [6, 6.07) is 10.9. The number of nitrogens with zero attached hydrogens (tertiary/aromatic N) is 1. The van der Waals surface area contributed by atoms with Gasteiger partial charge in [-0.3, -0.25) is 0 Å². The second-order valence-electron chi connectivity index (χ2n) is 3.43. The second-order valence-corrected chi connectivity index (χ2v) is 4.75. The summed E-state index contributed by atoms with van der Waals surface area (Å²) in [4.78, 5) is 0. The first-order valence-electron chi connectivity index (χ1n) is 4.92. The summed E-state index contributed by atoms with van der Waals surface area (Å²) >= 11 is 9.04. The fourth-order valence-corrected chi connectivity index (χ4v) is 2.06. The van der Waals surface area contributed by atoms with Crippen molar-refractivity contribution in [3.63, 3.8) is 0 Å². The second kappa shape index (κ2) is 5.38. The van der Waals surface area contributed by atoms with Gasteiger partial charge >= 0.3 is 0 Å². The summed E-state index contributed by atoms with van der Waals surface area (Å²) in [6.07, 6.45) is 0. The van der Waals surface area contributed by atoms with E-state index in [4.69, 9.17) is 21.6 Å². The van der Waals surface area contributed by atoms with Crippen LogP contribution in [-0.2, 0) is 0 Å². The van der Waals surface area contributed by atoms with Crippen molar-refractivity contribution in [3.05, 3.63) is 57.3 Å². The topological polar surface area (TPSA) is 33.0 Å². The average Bonchev–Trinajstić information content (AvgIpc) is 2.27. The maximum absolute atomic E-state index is 13.2. The van der Waals surface area contributed by atoms with Gasteiger partial charge in [-0.2, -0.15) is 5.26 Å². The zero-order valence-corrected chi connectivity index (χ0v) is 11.3. The quantitative estimate of drug-likeness (QED) is 0.786. The van der Waals surface area contributed by atoms with E-state index in [1.807, 2.05) is 6.07 Å². The highest BCUT2D eigenvalue weighted by molar-refractivity contribution is 9.10. The lowest BCUT2D eigenvalue weighted by Crippen LogP contribution is -1.90. The third-order valence-corrected chi connectivity index (χ3v) is 2.92. The van der Waals surface area contributed by atoms with Crippen LogP contribution in [0.25, 0.3) is 0 Å². The molecule has 2 aromatic rings. The molecule has 18 heavy (non-hydrogen) atoms.